The molecule has 0 aromatic heterocycles. The van der Waals surface area contributed by atoms with Crippen LogP contribution >= 0.6 is 0 Å². The van der Waals surface area contributed by atoms with Crippen LogP contribution in [-0.4, -0.2) is 25.9 Å². The molecule has 0 fully saturated rings. The number of benzene rings is 1. The second kappa shape index (κ2) is 7.40. The third-order valence-electron chi connectivity index (χ3n) is 3.71. The lowest BCUT2D eigenvalue weighted by Gasteiger charge is -2.20. The number of nitrogens with zero attached hydrogens (tertiary/aromatic N) is 2. The maximum Gasteiger partial charge on any atom is 0.178 e. The Bertz CT molecular complexity index is 631. The van der Waals surface area contributed by atoms with Gasteiger partial charge in [-0.3, -0.25) is 0 Å². The highest BCUT2D eigenvalue weighted by Crippen LogP contribution is 2.27. The van der Waals surface area contributed by atoms with Gasteiger partial charge < -0.3 is 15.4 Å². The quantitative estimate of drug-likeness (QED) is 0.849. The molecule has 0 bridgehead atoms. The number of allylic oxidation sites excluding steroid dienone is 2. The number of hydrogen-bond donors (Lipinski definition) is 1. The molecule has 2 rings (SSSR count). The van der Waals surface area contributed by atoms with Crippen molar-refractivity contribution >= 4 is 29.7 Å². The first-order valence-electron chi connectivity index (χ1n) is 7.48. The Morgan fingerprint density at radius 2 is 2.05 bits per heavy atom. The minimum Gasteiger partial charge on any atom is -0.495 e. The van der Waals surface area contributed by atoms with Crippen molar-refractivity contribution in [3.8, 4) is 0 Å². The van der Waals surface area contributed by atoms with E-state index in [2.05, 4.69) is 43.5 Å². The summed E-state index contributed by atoms with van der Waals surface area (Å²) in [6.45, 7) is 6.28. The summed E-state index contributed by atoms with van der Waals surface area (Å²) in [7, 11) is 1.62. The summed E-state index contributed by atoms with van der Waals surface area (Å²) in [6.07, 6.45) is 4.52. The van der Waals surface area contributed by atoms with Crippen LogP contribution in [0.1, 0.15) is 20.3 Å². The minimum atomic E-state index is 0.664. The molecular weight excluding hydrogens is 294 g/mol. The molecule has 5 heteroatoms. The van der Waals surface area contributed by atoms with Gasteiger partial charge in [-0.05, 0) is 38.6 Å². The number of aliphatic imine (C=N–C) groups is 1. The number of methoxy groups -OCH3 is 1. The fourth-order valence-electron chi connectivity index (χ4n) is 2.43. The molecule has 0 atom stereocenters. The molecule has 0 unspecified atom stereocenters. The number of ether oxygens (including phenoxy) is 1. The molecule has 1 aliphatic carbocycles. The Balaban J connectivity index is 2.28. The van der Waals surface area contributed by atoms with Gasteiger partial charge in [-0.15, -0.1) is 0 Å². The van der Waals surface area contributed by atoms with E-state index in [1.165, 1.54) is 5.69 Å². The van der Waals surface area contributed by atoms with E-state index >= 15 is 0 Å². The summed E-state index contributed by atoms with van der Waals surface area (Å²) >= 11 is 3.68. The molecule has 0 amide bonds. The van der Waals surface area contributed by atoms with Crippen LogP contribution in [-0.2, 0) is 17.4 Å². The Labute approximate surface area is 137 Å². The predicted molar refractivity (Wildman–Crippen MR) is 97.5 cm³/mol. The van der Waals surface area contributed by atoms with Crippen molar-refractivity contribution in [3.05, 3.63) is 41.8 Å². The van der Waals surface area contributed by atoms with Crippen LogP contribution in [0.5, 0.6) is 0 Å². The van der Waals surface area contributed by atoms with Crippen LogP contribution in [0.15, 0.2) is 51.7 Å². The van der Waals surface area contributed by atoms with Gasteiger partial charge in [0.2, 0.25) is 0 Å². The Morgan fingerprint density at radius 3 is 2.64 bits per heavy atom. The van der Waals surface area contributed by atoms with Crippen LogP contribution in [0.25, 0.3) is 0 Å². The highest BCUT2D eigenvalue weighted by atomic mass is 32.1. The van der Waals surface area contributed by atoms with E-state index in [1.54, 1.807) is 7.11 Å². The van der Waals surface area contributed by atoms with E-state index in [9.17, 15) is 0 Å². The van der Waals surface area contributed by atoms with Gasteiger partial charge in [0, 0.05) is 43.1 Å². The monoisotopic (exact) mass is 318 g/mol. The average molecular weight is 318 g/mol. The smallest absolute Gasteiger partial charge is 0.178 e. The molecule has 22 heavy (non-hydrogen) atoms. The molecule has 0 saturated heterocycles. The van der Waals surface area contributed by atoms with Crippen LogP contribution in [0.2, 0.25) is 0 Å². The Kier molecular flexibility index (Phi) is 5.55. The third-order valence-corrected chi connectivity index (χ3v) is 4.11. The van der Waals surface area contributed by atoms with Crippen molar-refractivity contribution in [3.63, 3.8) is 0 Å². The van der Waals surface area contributed by atoms with Gasteiger partial charge in [0.15, 0.2) is 4.90 Å². The molecule has 1 aliphatic rings. The van der Waals surface area contributed by atoms with Crippen LogP contribution < -0.4 is 10.6 Å². The van der Waals surface area contributed by atoms with Crippen molar-refractivity contribution in [2.45, 2.75) is 25.2 Å². The molecule has 1 aromatic rings. The summed E-state index contributed by atoms with van der Waals surface area (Å²) in [6, 6.07) is 6.24. The van der Waals surface area contributed by atoms with Gasteiger partial charge in [-0.1, -0.05) is 6.08 Å². The molecule has 0 saturated carbocycles. The van der Waals surface area contributed by atoms with Gasteiger partial charge >= 0.3 is 0 Å². The normalized spacial score (nSPS) is 16.3. The highest BCUT2D eigenvalue weighted by Gasteiger charge is 2.12. The van der Waals surface area contributed by atoms with E-state index in [0.717, 1.165) is 29.4 Å². The van der Waals surface area contributed by atoms with E-state index in [1.807, 2.05) is 18.2 Å². The zero-order valence-electron chi connectivity index (χ0n) is 13.4. The summed E-state index contributed by atoms with van der Waals surface area (Å²) in [5.41, 5.74) is 9.55. The molecular formula is C17H24N3OS+. The number of rotatable bonds is 5. The highest BCUT2D eigenvalue weighted by molar-refractivity contribution is 7.59. The van der Waals surface area contributed by atoms with Crippen LogP contribution in [0.4, 0.5) is 11.4 Å². The van der Waals surface area contributed by atoms with E-state index in [-0.39, 0.29) is 0 Å². The number of hydrogen-bond acceptors (Lipinski definition) is 4. The molecule has 0 heterocycles. The van der Waals surface area contributed by atoms with Crippen molar-refractivity contribution in [2.24, 2.45) is 10.7 Å². The summed E-state index contributed by atoms with van der Waals surface area (Å²) < 4.78 is 5.25. The lowest BCUT2D eigenvalue weighted by molar-refractivity contribution is 0.299. The molecule has 4 nitrogen and oxygen atoms in total. The van der Waals surface area contributed by atoms with E-state index < -0.39 is 0 Å². The first-order valence-corrected chi connectivity index (χ1v) is 7.98. The molecule has 0 aliphatic heterocycles. The minimum absolute atomic E-state index is 0.664. The average Bonchev–Trinajstić information content (AvgIpc) is 2.52. The fourth-order valence-corrected chi connectivity index (χ4v) is 2.71. The maximum atomic E-state index is 5.86. The number of nitrogens with two attached hydrogens (primary N) is 1. The van der Waals surface area contributed by atoms with Crippen molar-refractivity contribution < 1.29 is 4.74 Å². The molecule has 0 radical (unpaired) electrons. The molecule has 1 aromatic carbocycles. The van der Waals surface area contributed by atoms with Crippen molar-refractivity contribution in [1.82, 2.24) is 0 Å². The van der Waals surface area contributed by atoms with Gasteiger partial charge in [0.05, 0.1) is 12.8 Å². The van der Waals surface area contributed by atoms with E-state index in [4.69, 9.17) is 15.5 Å². The summed E-state index contributed by atoms with van der Waals surface area (Å²) in [4.78, 5) is 7.97. The van der Waals surface area contributed by atoms with E-state index in [0.29, 0.717) is 17.9 Å². The van der Waals surface area contributed by atoms with Crippen molar-refractivity contribution in [1.29, 1.82) is 0 Å². The van der Waals surface area contributed by atoms with Crippen LogP contribution in [0.3, 0.4) is 0 Å². The Morgan fingerprint density at radius 1 is 1.32 bits per heavy atom. The van der Waals surface area contributed by atoms with Crippen molar-refractivity contribution in [2.75, 3.05) is 25.1 Å². The largest absolute Gasteiger partial charge is 0.495 e. The predicted octanol–water partition coefficient (Wildman–Crippen LogP) is 2.75. The summed E-state index contributed by atoms with van der Waals surface area (Å²) in [5, 5.41) is 0. The summed E-state index contributed by atoms with van der Waals surface area (Å²) in [5.74, 6) is 0.667. The second-order valence-electron chi connectivity index (χ2n) is 5.05. The Hall–Kier alpha value is -1.88. The zero-order chi connectivity index (χ0) is 16.1. The van der Waals surface area contributed by atoms with Gasteiger partial charge in [0.1, 0.15) is 11.4 Å². The molecule has 2 N–H and O–H groups in total. The third kappa shape index (κ3) is 3.65. The van der Waals surface area contributed by atoms with Gasteiger partial charge in [-0.25, -0.2) is 4.99 Å². The van der Waals surface area contributed by atoms with Gasteiger partial charge in [-0.2, -0.15) is 0 Å². The second-order valence-corrected chi connectivity index (χ2v) is 5.59. The van der Waals surface area contributed by atoms with Crippen LogP contribution in [0, 0.1) is 0 Å². The topological polar surface area (TPSA) is 50.8 Å². The number of anilines is 1. The SMILES string of the molecule is CCN(CC)c1ccc(N=C2C=C(OC)C(N)=CC2)c([SH2+])c1. The maximum absolute atomic E-state index is 5.86. The first kappa shape index (κ1) is 16.5. The lowest BCUT2D eigenvalue weighted by atomic mass is 10.1. The fraction of sp³-hybridized carbons (Fsp3) is 0.353. The lowest BCUT2D eigenvalue weighted by Crippen LogP contribution is -2.21. The molecule has 118 valence electrons. The van der Waals surface area contributed by atoms with Gasteiger partial charge in [0.25, 0.3) is 0 Å². The standard InChI is InChI=1S/C17H23N3OS/c1-4-20(5-2)13-7-9-15(17(22)11-13)19-12-6-8-14(18)16(10-12)21-3/h7-11,22H,4-6,18H2,1-3H3/p+1. The zero-order valence-corrected chi connectivity index (χ0v) is 14.4. The first-order chi connectivity index (χ1) is 10.6. The molecule has 0 spiro atoms.